The minimum atomic E-state index is 1.29. The fraction of sp³-hybridized carbons (Fsp3) is 0.186. The number of aryl methyl sites for hydroxylation is 22. The van der Waals surface area contributed by atoms with Gasteiger partial charge in [0.25, 0.3) is 0 Å². The topological polar surface area (TPSA) is 0 Å². The van der Waals surface area contributed by atoms with Gasteiger partial charge in [0.15, 0.2) is 0 Å². The van der Waals surface area contributed by atoms with Crippen molar-refractivity contribution in [2.24, 2.45) is 0 Å². The molecule has 0 spiro atoms. The predicted molar refractivity (Wildman–Crippen MR) is 621 cm³/mol. The summed E-state index contributed by atoms with van der Waals surface area (Å²) in [5.41, 5.74) is 30.1. The number of fused-ring (bicyclic) bond motifs is 8. The summed E-state index contributed by atoms with van der Waals surface area (Å²) in [6, 6.07) is 78.3. The van der Waals surface area contributed by atoms with Crippen LogP contribution in [-0.4, -0.2) is 0 Å². The van der Waals surface area contributed by atoms with Gasteiger partial charge >= 0.3 is 0 Å². The summed E-state index contributed by atoms with van der Waals surface area (Å²) >= 11 is 31.0. The second-order valence-electron chi connectivity index (χ2n) is 36.2. The first-order valence-electron chi connectivity index (χ1n) is 45.2. The maximum absolute atomic E-state index is 2.48. The second-order valence-corrected chi connectivity index (χ2v) is 54.7. The van der Waals surface area contributed by atoms with Gasteiger partial charge in [-0.2, -0.15) is 0 Å². The van der Waals surface area contributed by atoms with E-state index >= 15 is 0 Å². The van der Waals surface area contributed by atoms with Crippen LogP contribution in [0.4, 0.5) is 0 Å². The molecule has 0 saturated heterocycles. The lowest BCUT2D eigenvalue weighted by Crippen LogP contribution is -1.86. The Bertz CT molecular complexity index is 7790. The first kappa shape index (κ1) is 91.5. The molecule has 0 unspecified atom stereocenters. The van der Waals surface area contributed by atoms with Gasteiger partial charge in [0, 0.05) is 198 Å². The summed E-state index contributed by atoms with van der Waals surface area (Å²) in [4.78, 5) is 33.5. The molecule has 668 valence electrons. The SMILES string of the molecule is Cc1cc(C)c(-c2cc3c(-c4ccccc4)c4sc(-c5sc(C)cc5C)cc4c(-c4ccccc4)c3s2)s1.Cc1cc(C)c(-c2cc3c(C)c4sc(-c5sc(C)cc5C)cc4c(C)c3s2)s1.Cc1cc(C)c(-c2cc3c(C)c4sc(-c5sc(C)cc5C)cc4c(C)c3s2)s1.Cc1ccc(-c2c3cc(-c4sc(C)cc4C)sc3c(-c3ccc(C)cc3)c3cc(-c4sc(C)cc4C)sc23)cc1. The molecule has 0 aliphatic heterocycles. The molecular weight excluding hydrogens is 1930 g/mol. The van der Waals surface area contributed by atoms with E-state index in [1.807, 2.05) is 181 Å². The highest BCUT2D eigenvalue weighted by atomic mass is 32.2. The lowest BCUT2D eigenvalue weighted by Gasteiger charge is -2.12. The maximum Gasteiger partial charge on any atom is 0.0475 e. The van der Waals surface area contributed by atoms with Gasteiger partial charge in [0.1, 0.15) is 0 Å². The zero-order valence-corrected chi connectivity index (χ0v) is 92.2. The van der Waals surface area contributed by atoms with Crippen molar-refractivity contribution in [2.75, 3.05) is 0 Å². The van der Waals surface area contributed by atoms with E-state index in [0.717, 1.165) is 0 Å². The first-order valence-corrected chi connectivity index (χ1v) is 58.3. The van der Waals surface area contributed by atoms with Gasteiger partial charge in [-0.25, -0.2) is 0 Å². The van der Waals surface area contributed by atoms with Crippen LogP contribution in [0, 0.1) is 152 Å². The summed E-state index contributed by atoms with van der Waals surface area (Å²) in [5, 5.41) is 11.2. The zero-order valence-electron chi connectivity index (χ0n) is 79.2. The minimum Gasteiger partial charge on any atom is -0.139 e. The molecule has 134 heavy (non-hydrogen) atoms. The highest BCUT2D eigenvalue weighted by molar-refractivity contribution is 7.32. The maximum atomic E-state index is 2.48. The molecule has 0 atom stereocenters. The van der Waals surface area contributed by atoms with Crippen molar-refractivity contribution >= 4 is 262 Å². The van der Waals surface area contributed by atoms with Crippen LogP contribution < -0.4 is 0 Å². The van der Waals surface area contributed by atoms with Crippen LogP contribution in [0.1, 0.15) is 117 Å². The van der Waals surface area contributed by atoms with Crippen molar-refractivity contribution in [3.63, 3.8) is 0 Å². The van der Waals surface area contributed by atoms with E-state index in [9.17, 15) is 0 Å². The van der Waals surface area contributed by atoms with E-state index in [1.165, 1.54) is 320 Å². The Balaban J connectivity index is 0.000000109. The number of thiophene rings is 16. The van der Waals surface area contributed by atoms with Crippen LogP contribution in [0.5, 0.6) is 0 Å². The highest BCUT2D eigenvalue weighted by Gasteiger charge is 2.29. The van der Waals surface area contributed by atoms with Crippen LogP contribution in [0.25, 0.3) is 203 Å². The van der Waals surface area contributed by atoms with Crippen molar-refractivity contribution in [1.29, 1.82) is 0 Å². The zero-order chi connectivity index (χ0) is 93.2. The molecule has 24 rings (SSSR count). The summed E-state index contributed by atoms with van der Waals surface area (Å²) in [7, 11) is 0. The van der Waals surface area contributed by atoms with Gasteiger partial charge in [0.2, 0.25) is 0 Å². The van der Waals surface area contributed by atoms with E-state index in [2.05, 4.69) is 359 Å². The number of rotatable bonds is 12. The lowest BCUT2D eigenvalue weighted by atomic mass is 9.92. The fourth-order valence-corrected chi connectivity index (χ4v) is 39.0. The van der Waals surface area contributed by atoms with E-state index in [1.54, 1.807) is 0 Å². The van der Waals surface area contributed by atoms with Gasteiger partial charge in [-0.15, -0.1) is 181 Å². The highest BCUT2D eigenvalue weighted by Crippen LogP contribution is 2.59. The molecule has 0 saturated carbocycles. The molecule has 16 heterocycles. The number of benzene rings is 8. The Morgan fingerprint density at radius 1 is 0.142 bits per heavy atom. The third kappa shape index (κ3) is 16.7. The molecule has 0 aliphatic rings. The smallest absolute Gasteiger partial charge is 0.0475 e. The molecule has 24 aromatic rings. The lowest BCUT2D eigenvalue weighted by molar-refractivity contribution is 1.47. The summed E-state index contributed by atoms with van der Waals surface area (Å²) in [5.74, 6) is 0. The monoisotopic (exact) mass is 2030 g/mol. The van der Waals surface area contributed by atoms with Crippen LogP contribution in [0.15, 0.2) is 206 Å². The Hall–Kier alpha value is -8.96. The Kier molecular flexibility index (Phi) is 24.9. The molecule has 8 aromatic carbocycles. The predicted octanol–water partition coefficient (Wildman–Crippen LogP) is 43.7. The molecule has 16 aromatic heterocycles. The Labute approximate surface area is 850 Å². The van der Waals surface area contributed by atoms with E-state index in [4.69, 9.17) is 0 Å². The molecule has 0 aliphatic carbocycles. The van der Waals surface area contributed by atoms with Gasteiger partial charge < -0.3 is 0 Å². The van der Waals surface area contributed by atoms with Crippen molar-refractivity contribution in [2.45, 2.75) is 152 Å². The Morgan fingerprint density at radius 2 is 0.299 bits per heavy atom. The van der Waals surface area contributed by atoms with Crippen molar-refractivity contribution < 1.29 is 0 Å². The second kappa shape index (κ2) is 36.4. The van der Waals surface area contributed by atoms with E-state index in [0.29, 0.717) is 0 Å². The van der Waals surface area contributed by atoms with Gasteiger partial charge in [-0.05, 0) is 360 Å². The third-order valence-corrected chi connectivity index (χ3v) is 46.0. The van der Waals surface area contributed by atoms with Crippen LogP contribution in [0.3, 0.4) is 0 Å². The normalized spacial score (nSPS) is 11.8. The van der Waals surface area contributed by atoms with Crippen molar-refractivity contribution in [3.05, 3.63) is 323 Å². The molecular formula is C118H100S16. The van der Waals surface area contributed by atoms with Crippen LogP contribution >= 0.6 is 181 Å². The molecule has 16 heteroatoms. The molecule has 0 amide bonds. The fourth-order valence-electron chi connectivity index (χ4n) is 19.6. The standard InChI is InChI=1S/C36H30S4.C34H26S4.2C24H22S4/c1-19-7-11-25(12-8-19)31-27-17-29(33-21(3)15-23(5)37-33)40-36(27)32(26-13-9-20(2)10-14-26)28-18-30(39-35(28)31)34-22(4)16-24(6)38-34;1-19-15-21(3)35-31(19)27-17-25-29(23-11-7-5-8-12-23)34-26(18-28(38-34)32-20(2)16-22(4)36-32)30(33(25)37-27)24-13-9-6-10-14-24;2*1-11-7-13(3)25-21(11)19-9-17-15(5)24-18(16(6)23(17)27-19)10-20(28-24)22-12(2)8-14(4)26-22/h7-18H,1-6H3;5-18H,1-4H3;2*7-10H,1-6H3. The van der Waals surface area contributed by atoms with E-state index < -0.39 is 0 Å². The van der Waals surface area contributed by atoms with Gasteiger partial charge in [-0.1, -0.05) is 120 Å². The van der Waals surface area contributed by atoms with E-state index in [-0.39, 0.29) is 0 Å². The quantitative estimate of drug-likeness (QED) is 0.114. The van der Waals surface area contributed by atoms with Gasteiger partial charge in [-0.3, -0.25) is 0 Å². The van der Waals surface area contributed by atoms with Crippen LogP contribution in [-0.2, 0) is 0 Å². The third-order valence-electron chi connectivity index (χ3n) is 25.7. The minimum absolute atomic E-state index is 1.29. The van der Waals surface area contributed by atoms with Crippen molar-refractivity contribution in [3.8, 4) is 123 Å². The number of hydrogen-bond donors (Lipinski definition) is 0. The number of hydrogen-bond acceptors (Lipinski definition) is 16. The Morgan fingerprint density at radius 3 is 0.463 bits per heavy atom. The molecule has 0 N–H and O–H groups in total. The first-order chi connectivity index (χ1) is 64.4. The largest absolute Gasteiger partial charge is 0.139 e. The summed E-state index contributed by atoms with van der Waals surface area (Å²) in [6.07, 6.45) is 0. The van der Waals surface area contributed by atoms with Crippen LogP contribution in [0.2, 0.25) is 0 Å². The average molecular weight is 2030 g/mol. The molecule has 0 radical (unpaired) electrons. The molecule has 0 nitrogen and oxygen atoms in total. The van der Waals surface area contributed by atoms with Gasteiger partial charge in [0.05, 0.1) is 0 Å². The average Bonchev–Trinajstić information content (AvgIpc) is 1.11. The summed E-state index contributed by atoms with van der Waals surface area (Å²) in [6.45, 7) is 49.2. The molecule has 0 bridgehead atoms. The van der Waals surface area contributed by atoms with Crippen molar-refractivity contribution in [1.82, 2.24) is 0 Å². The summed E-state index contributed by atoms with van der Waals surface area (Å²) < 4.78 is 11.3. The molecule has 0 fully saturated rings.